The Bertz CT molecular complexity index is 926. The average molecular weight is 321 g/mol. The summed E-state index contributed by atoms with van der Waals surface area (Å²) in [5.74, 6) is -0.0934. The second-order valence-electron chi connectivity index (χ2n) is 5.38. The summed E-state index contributed by atoms with van der Waals surface area (Å²) in [5.41, 5.74) is 5.26. The Kier molecular flexibility index (Phi) is 3.28. The van der Waals surface area contributed by atoms with Gasteiger partial charge in [-0.15, -0.1) is 0 Å². The molecular formula is C19H13ClN2O. The molecule has 23 heavy (non-hydrogen) atoms. The minimum atomic E-state index is -0.0934. The molecule has 2 aromatic carbocycles. The molecule has 1 amide bonds. The molecule has 0 bridgehead atoms. The van der Waals surface area contributed by atoms with Crippen LogP contribution in [0.25, 0.3) is 22.8 Å². The van der Waals surface area contributed by atoms with Crippen molar-refractivity contribution in [3.63, 3.8) is 0 Å². The fourth-order valence-corrected chi connectivity index (χ4v) is 3.06. The molecule has 0 radical (unpaired) electrons. The Morgan fingerprint density at radius 1 is 1.00 bits per heavy atom. The summed E-state index contributed by atoms with van der Waals surface area (Å²) in [7, 11) is 0. The summed E-state index contributed by atoms with van der Waals surface area (Å²) in [5, 5.41) is 3.60. The Morgan fingerprint density at radius 3 is 2.65 bits per heavy atom. The number of benzene rings is 2. The van der Waals surface area contributed by atoms with Crippen LogP contribution in [0, 0.1) is 0 Å². The summed E-state index contributed by atoms with van der Waals surface area (Å²) in [6, 6.07) is 17.4. The minimum Gasteiger partial charge on any atom is -0.362 e. The molecule has 0 spiro atoms. The highest BCUT2D eigenvalue weighted by Crippen LogP contribution is 2.40. The average Bonchev–Trinajstić information content (AvgIpc) is 3.16. The van der Waals surface area contributed by atoms with E-state index in [0.29, 0.717) is 10.6 Å². The van der Waals surface area contributed by atoms with E-state index in [1.165, 1.54) is 0 Å². The van der Waals surface area contributed by atoms with Crippen molar-refractivity contribution in [3.05, 3.63) is 77.1 Å². The van der Waals surface area contributed by atoms with Crippen molar-refractivity contribution in [2.75, 3.05) is 5.32 Å². The van der Waals surface area contributed by atoms with Gasteiger partial charge < -0.3 is 10.3 Å². The molecule has 0 atom stereocenters. The Balaban J connectivity index is 1.93. The lowest BCUT2D eigenvalue weighted by Gasteiger charge is -2.09. The molecule has 112 valence electrons. The second kappa shape index (κ2) is 5.45. The van der Waals surface area contributed by atoms with Crippen molar-refractivity contribution in [1.82, 2.24) is 4.98 Å². The SMILES string of the molecule is O=C1Nc2cccc(-c3cccc(Cl)c3)c2/C1=C/c1ccc[nH]1. The van der Waals surface area contributed by atoms with Crippen LogP contribution in [0.1, 0.15) is 11.3 Å². The molecular weight excluding hydrogens is 308 g/mol. The number of rotatable bonds is 2. The lowest BCUT2D eigenvalue weighted by Crippen LogP contribution is -2.03. The highest BCUT2D eigenvalue weighted by molar-refractivity contribution is 6.36. The lowest BCUT2D eigenvalue weighted by atomic mass is 9.94. The molecule has 1 aliphatic rings. The van der Waals surface area contributed by atoms with Gasteiger partial charge in [-0.05, 0) is 47.5 Å². The van der Waals surface area contributed by atoms with E-state index < -0.39 is 0 Å². The standard InChI is InChI=1S/C19H13ClN2O/c20-13-5-1-4-12(10-13)15-7-2-8-17-18(15)16(19(23)22-17)11-14-6-3-9-21-14/h1-11,21H,(H,22,23)/b16-11-. The molecule has 4 rings (SSSR count). The fraction of sp³-hybridized carbons (Fsp3) is 0. The number of amides is 1. The highest BCUT2D eigenvalue weighted by Gasteiger charge is 2.27. The predicted octanol–water partition coefficient (Wildman–Crippen LogP) is 4.83. The van der Waals surface area contributed by atoms with Crippen LogP contribution in [-0.4, -0.2) is 10.9 Å². The third-order valence-electron chi connectivity index (χ3n) is 3.88. The van der Waals surface area contributed by atoms with Gasteiger partial charge in [-0.1, -0.05) is 35.9 Å². The summed E-state index contributed by atoms with van der Waals surface area (Å²) in [6.45, 7) is 0. The normalized spacial score (nSPS) is 14.8. The third kappa shape index (κ3) is 2.45. The van der Waals surface area contributed by atoms with Crippen LogP contribution in [0.3, 0.4) is 0 Å². The van der Waals surface area contributed by atoms with Crippen molar-refractivity contribution in [3.8, 4) is 11.1 Å². The molecule has 3 nitrogen and oxygen atoms in total. The molecule has 3 aromatic rings. The van der Waals surface area contributed by atoms with Crippen molar-refractivity contribution >= 4 is 34.8 Å². The maximum absolute atomic E-state index is 12.4. The molecule has 4 heteroatoms. The zero-order valence-electron chi connectivity index (χ0n) is 12.1. The molecule has 1 aromatic heterocycles. The smallest absolute Gasteiger partial charge is 0.256 e. The number of aromatic nitrogens is 1. The zero-order chi connectivity index (χ0) is 15.8. The van der Waals surface area contributed by atoms with Crippen molar-refractivity contribution in [1.29, 1.82) is 0 Å². The summed E-state index contributed by atoms with van der Waals surface area (Å²) >= 11 is 6.12. The molecule has 1 aliphatic heterocycles. The van der Waals surface area contributed by atoms with Gasteiger partial charge in [0, 0.05) is 28.2 Å². The monoisotopic (exact) mass is 320 g/mol. The Hall–Kier alpha value is -2.78. The predicted molar refractivity (Wildman–Crippen MR) is 94.2 cm³/mol. The van der Waals surface area contributed by atoms with Gasteiger partial charge in [0.25, 0.3) is 5.91 Å². The van der Waals surface area contributed by atoms with Gasteiger partial charge in [-0.25, -0.2) is 0 Å². The van der Waals surface area contributed by atoms with Crippen molar-refractivity contribution < 1.29 is 4.79 Å². The van der Waals surface area contributed by atoms with E-state index in [4.69, 9.17) is 11.6 Å². The molecule has 2 heterocycles. The van der Waals surface area contributed by atoms with E-state index in [1.54, 1.807) is 0 Å². The number of aromatic amines is 1. The van der Waals surface area contributed by atoms with Crippen LogP contribution in [0.5, 0.6) is 0 Å². The highest BCUT2D eigenvalue weighted by atomic mass is 35.5. The van der Waals surface area contributed by atoms with Crippen LogP contribution in [0.4, 0.5) is 5.69 Å². The van der Waals surface area contributed by atoms with Gasteiger partial charge in [0.15, 0.2) is 0 Å². The van der Waals surface area contributed by atoms with E-state index >= 15 is 0 Å². The van der Waals surface area contributed by atoms with Crippen molar-refractivity contribution in [2.45, 2.75) is 0 Å². The van der Waals surface area contributed by atoms with Crippen LogP contribution in [0.2, 0.25) is 5.02 Å². The van der Waals surface area contributed by atoms with Gasteiger partial charge in [0.05, 0.1) is 5.57 Å². The van der Waals surface area contributed by atoms with Gasteiger partial charge in [-0.2, -0.15) is 0 Å². The summed E-state index contributed by atoms with van der Waals surface area (Å²) in [6.07, 6.45) is 3.71. The first-order chi connectivity index (χ1) is 11.2. The maximum atomic E-state index is 12.4. The molecule has 2 N–H and O–H groups in total. The molecule has 0 fully saturated rings. The van der Waals surface area contributed by atoms with Gasteiger partial charge >= 0.3 is 0 Å². The lowest BCUT2D eigenvalue weighted by molar-refractivity contribution is -0.110. The molecule has 0 saturated heterocycles. The van der Waals surface area contributed by atoms with Crippen LogP contribution in [-0.2, 0) is 4.79 Å². The third-order valence-corrected chi connectivity index (χ3v) is 4.12. The molecule has 0 saturated carbocycles. The molecule has 0 unspecified atom stereocenters. The minimum absolute atomic E-state index is 0.0934. The number of hydrogen-bond acceptors (Lipinski definition) is 1. The van der Waals surface area contributed by atoms with E-state index in [2.05, 4.69) is 10.3 Å². The first-order valence-corrected chi connectivity index (χ1v) is 7.66. The van der Waals surface area contributed by atoms with Crippen LogP contribution in [0.15, 0.2) is 60.8 Å². The van der Waals surface area contributed by atoms with E-state index in [1.807, 2.05) is 66.9 Å². The number of carbonyl (C=O) groups is 1. The van der Waals surface area contributed by atoms with Gasteiger partial charge in [0.2, 0.25) is 0 Å². The summed E-state index contributed by atoms with van der Waals surface area (Å²) in [4.78, 5) is 15.5. The van der Waals surface area contributed by atoms with E-state index in [9.17, 15) is 4.79 Å². The van der Waals surface area contributed by atoms with Gasteiger partial charge in [-0.3, -0.25) is 4.79 Å². The first kappa shape index (κ1) is 13.9. The Morgan fingerprint density at radius 2 is 1.87 bits per heavy atom. The van der Waals surface area contributed by atoms with Gasteiger partial charge in [0.1, 0.15) is 0 Å². The topological polar surface area (TPSA) is 44.9 Å². The van der Waals surface area contributed by atoms with E-state index in [0.717, 1.165) is 28.1 Å². The summed E-state index contributed by atoms with van der Waals surface area (Å²) < 4.78 is 0. The largest absolute Gasteiger partial charge is 0.362 e. The number of fused-ring (bicyclic) bond motifs is 1. The number of halogens is 1. The van der Waals surface area contributed by atoms with Crippen molar-refractivity contribution in [2.24, 2.45) is 0 Å². The maximum Gasteiger partial charge on any atom is 0.256 e. The number of carbonyl (C=O) groups excluding carboxylic acids is 1. The quantitative estimate of drug-likeness (QED) is 0.653. The molecule has 0 aliphatic carbocycles. The van der Waals surface area contributed by atoms with Crippen LogP contribution < -0.4 is 5.32 Å². The number of anilines is 1. The fourth-order valence-electron chi connectivity index (χ4n) is 2.87. The van der Waals surface area contributed by atoms with Crippen LogP contribution >= 0.6 is 11.6 Å². The first-order valence-electron chi connectivity index (χ1n) is 7.28. The number of nitrogens with one attached hydrogen (secondary N) is 2. The zero-order valence-corrected chi connectivity index (χ0v) is 12.9. The van der Waals surface area contributed by atoms with E-state index in [-0.39, 0.29) is 5.91 Å². The number of hydrogen-bond donors (Lipinski definition) is 2. The second-order valence-corrected chi connectivity index (χ2v) is 5.81. The number of H-pyrrole nitrogens is 1. The Labute approximate surface area is 138 Å².